The van der Waals surface area contributed by atoms with Crippen molar-refractivity contribution in [2.45, 2.75) is 36.7 Å². The third-order valence-corrected chi connectivity index (χ3v) is 6.77. The summed E-state index contributed by atoms with van der Waals surface area (Å²) in [5, 5.41) is 17.6. The number of piperidine rings is 1. The average Bonchev–Trinajstić information content (AvgIpc) is 3.55. The van der Waals surface area contributed by atoms with E-state index in [0.717, 1.165) is 30.2 Å². The molecule has 31 heavy (non-hydrogen) atoms. The summed E-state index contributed by atoms with van der Waals surface area (Å²) in [7, 11) is 0. The number of aromatic nitrogens is 5. The first-order valence-corrected chi connectivity index (χ1v) is 12.1. The number of thiophene rings is 1. The van der Waals surface area contributed by atoms with Crippen molar-refractivity contribution in [3.63, 3.8) is 0 Å². The minimum atomic E-state index is -0.268. The third kappa shape index (κ3) is 4.70. The molecule has 1 aromatic carbocycles. The summed E-state index contributed by atoms with van der Waals surface area (Å²) in [5.41, 5.74) is 1.79. The fourth-order valence-corrected chi connectivity index (χ4v) is 5.05. The van der Waals surface area contributed by atoms with E-state index in [1.165, 1.54) is 43.2 Å². The van der Waals surface area contributed by atoms with Crippen molar-refractivity contribution in [2.24, 2.45) is 0 Å². The number of halogens is 1. The molecular weight excluding hydrogens is 435 g/mol. The molecule has 5 rings (SSSR count). The van der Waals surface area contributed by atoms with Crippen LogP contribution >= 0.6 is 23.1 Å². The van der Waals surface area contributed by atoms with Gasteiger partial charge in [-0.25, -0.2) is 4.39 Å². The van der Waals surface area contributed by atoms with Gasteiger partial charge in [0.25, 0.3) is 0 Å². The first-order chi connectivity index (χ1) is 15.3. The molecule has 1 saturated heterocycles. The fourth-order valence-electron chi connectivity index (χ4n) is 3.61. The van der Waals surface area contributed by atoms with Gasteiger partial charge in [0.2, 0.25) is 11.7 Å². The van der Waals surface area contributed by atoms with Crippen LogP contribution in [0, 0.1) is 5.82 Å². The maximum absolute atomic E-state index is 13.5. The van der Waals surface area contributed by atoms with Gasteiger partial charge in [-0.05, 0) is 61.6 Å². The van der Waals surface area contributed by atoms with Crippen molar-refractivity contribution < 1.29 is 8.91 Å². The van der Waals surface area contributed by atoms with Crippen LogP contribution in [0.5, 0.6) is 0 Å². The second-order valence-electron chi connectivity index (χ2n) is 7.36. The normalized spacial score (nSPS) is 14.9. The van der Waals surface area contributed by atoms with Gasteiger partial charge < -0.3 is 4.52 Å². The van der Waals surface area contributed by atoms with Crippen molar-refractivity contribution in [1.29, 1.82) is 0 Å². The molecule has 7 nitrogen and oxygen atoms in total. The second kappa shape index (κ2) is 9.29. The summed E-state index contributed by atoms with van der Waals surface area (Å²) >= 11 is 3.07. The van der Waals surface area contributed by atoms with Gasteiger partial charge in [-0.15, -0.1) is 10.2 Å². The Morgan fingerprint density at radius 1 is 1.06 bits per heavy atom. The predicted octanol–water partition coefficient (Wildman–Crippen LogP) is 4.80. The molecule has 1 aliphatic heterocycles. The molecule has 10 heteroatoms. The van der Waals surface area contributed by atoms with Crippen LogP contribution in [0.3, 0.4) is 0 Å². The molecule has 160 valence electrons. The molecule has 4 aromatic rings. The van der Waals surface area contributed by atoms with Crippen molar-refractivity contribution in [3.8, 4) is 17.1 Å². The number of nitrogens with zero attached hydrogens (tertiary/aromatic N) is 6. The molecule has 1 fully saturated rings. The van der Waals surface area contributed by atoms with Gasteiger partial charge in [0, 0.05) is 16.6 Å². The molecule has 4 heterocycles. The number of thioether (sulfide) groups is 1. The van der Waals surface area contributed by atoms with E-state index in [1.54, 1.807) is 23.5 Å². The van der Waals surface area contributed by atoms with E-state index in [0.29, 0.717) is 29.2 Å². The molecule has 0 spiro atoms. The van der Waals surface area contributed by atoms with E-state index in [-0.39, 0.29) is 5.82 Å². The summed E-state index contributed by atoms with van der Waals surface area (Å²) in [4.78, 5) is 6.87. The zero-order valence-corrected chi connectivity index (χ0v) is 18.4. The molecule has 1 aliphatic rings. The van der Waals surface area contributed by atoms with Gasteiger partial charge in [-0.2, -0.15) is 16.3 Å². The van der Waals surface area contributed by atoms with Crippen LogP contribution in [-0.4, -0.2) is 42.9 Å². The van der Waals surface area contributed by atoms with E-state index < -0.39 is 0 Å². The zero-order valence-electron chi connectivity index (χ0n) is 16.8. The molecule has 0 N–H and O–H groups in total. The summed E-state index contributed by atoms with van der Waals surface area (Å²) in [6.45, 7) is 2.84. The van der Waals surface area contributed by atoms with Crippen LogP contribution in [0.4, 0.5) is 4.39 Å². The van der Waals surface area contributed by atoms with Crippen LogP contribution < -0.4 is 0 Å². The molecule has 0 aliphatic carbocycles. The summed E-state index contributed by atoms with van der Waals surface area (Å²) in [5.74, 6) is 2.16. The molecule has 0 radical (unpaired) electrons. The maximum Gasteiger partial charge on any atom is 0.237 e. The predicted molar refractivity (Wildman–Crippen MR) is 118 cm³/mol. The van der Waals surface area contributed by atoms with Gasteiger partial charge >= 0.3 is 0 Å². The highest BCUT2D eigenvalue weighted by molar-refractivity contribution is 7.98. The van der Waals surface area contributed by atoms with Crippen molar-refractivity contribution >= 4 is 23.1 Å². The molecule has 0 saturated carbocycles. The van der Waals surface area contributed by atoms with E-state index in [4.69, 9.17) is 4.52 Å². The molecule has 0 bridgehead atoms. The Kier molecular flexibility index (Phi) is 6.10. The number of rotatable bonds is 7. The van der Waals surface area contributed by atoms with E-state index in [2.05, 4.69) is 25.2 Å². The lowest BCUT2D eigenvalue weighted by Gasteiger charge is -2.26. The first-order valence-electron chi connectivity index (χ1n) is 10.2. The van der Waals surface area contributed by atoms with Crippen LogP contribution in [0.15, 0.2) is 50.8 Å². The van der Waals surface area contributed by atoms with Crippen molar-refractivity contribution in [2.75, 3.05) is 13.1 Å². The van der Waals surface area contributed by atoms with E-state index in [9.17, 15) is 4.39 Å². The Morgan fingerprint density at radius 2 is 1.90 bits per heavy atom. The average molecular weight is 457 g/mol. The minimum Gasteiger partial charge on any atom is -0.338 e. The van der Waals surface area contributed by atoms with Crippen LogP contribution in [0.25, 0.3) is 17.1 Å². The maximum atomic E-state index is 13.5. The van der Waals surface area contributed by atoms with Gasteiger partial charge in [0.1, 0.15) is 5.82 Å². The lowest BCUT2D eigenvalue weighted by atomic mass is 10.1. The Hall–Kier alpha value is -2.56. The largest absolute Gasteiger partial charge is 0.338 e. The second-order valence-corrected chi connectivity index (χ2v) is 9.08. The Balaban J connectivity index is 1.37. The van der Waals surface area contributed by atoms with Crippen LogP contribution in [0.2, 0.25) is 0 Å². The first kappa shape index (κ1) is 20.3. The Labute approximate surface area is 187 Å². The molecule has 3 aromatic heterocycles. The van der Waals surface area contributed by atoms with E-state index in [1.807, 2.05) is 21.4 Å². The molecule has 0 unspecified atom stereocenters. The SMILES string of the molecule is Fc1ccc(-n2c(CN3CCCCC3)nnc2SCc2nc(-c3ccsc3)no2)cc1. The zero-order chi connectivity index (χ0) is 21.0. The molecular formula is C21H21FN6OS2. The van der Waals surface area contributed by atoms with Gasteiger partial charge in [-0.3, -0.25) is 9.47 Å². The summed E-state index contributed by atoms with van der Waals surface area (Å²) in [6, 6.07) is 8.39. The highest BCUT2D eigenvalue weighted by atomic mass is 32.2. The monoisotopic (exact) mass is 456 g/mol. The Morgan fingerprint density at radius 3 is 2.68 bits per heavy atom. The van der Waals surface area contributed by atoms with E-state index >= 15 is 0 Å². The lowest BCUT2D eigenvalue weighted by molar-refractivity contribution is 0.214. The third-order valence-electron chi connectivity index (χ3n) is 5.17. The fraction of sp³-hybridized carbons (Fsp3) is 0.333. The quantitative estimate of drug-likeness (QED) is 0.370. The van der Waals surface area contributed by atoms with Gasteiger partial charge in [-0.1, -0.05) is 23.3 Å². The van der Waals surface area contributed by atoms with Crippen molar-refractivity contribution in [1.82, 2.24) is 29.8 Å². The Bertz CT molecular complexity index is 1120. The molecule has 0 amide bonds. The van der Waals surface area contributed by atoms with Crippen molar-refractivity contribution in [3.05, 3.63) is 58.6 Å². The number of hydrogen-bond donors (Lipinski definition) is 0. The number of hydrogen-bond acceptors (Lipinski definition) is 8. The minimum absolute atomic E-state index is 0.268. The standard InChI is InChI=1S/C21H21FN6OS2/c22-16-4-6-17(7-5-16)28-18(12-27-9-2-1-3-10-27)24-25-21(28)31-14-19-23-20(26-29-19)15-8-11-30-13-15/h4-8,11,13H,1-3,9-10,12,14H2. The van der Waals surface area contributed by atoms with Crippen LogP contribution in [0.1, 0.15) is 31.0 Å². The lowest BCUT2D eigenvalue weighted by Crippen LogP contribution is -2.30. The number of likely N-dealkylation sites (tertiary alicyclic amines) is 1. The van der Waals surface area contributed by atoms with Gasteiger partial charge in [0.05, 0.1) is 12.3 Å². The number of benzene rings is 1. The highest BCUT2D eigenvalue weighted by Crippen LogP contribution is 2.27. The smallest absolute Gasteiger partial charge is 0.237 e. The van der Waals surface area contributed by atoms with Gasteiger partial charge in [0.15, 0.2) is 11.0 Å². The molecule has 0 atom stereocenters. The summed E-state index contributed by atoms with van der Waals surface area (Å²) < 4.78 is 20.9. The highest BCUT2D eigenvalue weighted by Gasteiger charge is 2.20. The topological polar surface area (TPSA) is 72.9 Å². The van der Waals surface area contributed by atoms with Crippen LogP contribution in [-0.2, 0) is 12.3 Å². The summed E-state index contributed by atoms with van der Waals surface area (Å²) in [6.07, 6.45) is 3.69.